The Bertz CT molecular complexity index is 3810. The van der Waals surface area contributed by atoms with Crippen LogP contribution in [0.2, 0.25) is 0 Å². The summed E-state index contributed by atoms with van der Waals surface area (Å²) in [5.41, 5.74) is 13.3. The summed E-state index contributed by atoms with van der Waals surface area (Å²) in [4.78, 5) is 0. The van der Waals surface area contributed by atoms with Crippen LogP contribution in [0.5, 0.6) is 0 Å². The van der Waals surface area contributed by atoms with Crippen molar-refractivity contribution in [1.29, 1.82) is 0 Å². The van der Waals surface area contributed by atoms with Crippen molar-refractivity contribution >= 4 is 78.1 Å². The van der Waals surface area contributed by atoms with Gasteiger partial charge in [-0.2, -0.15) is 0 Å². The SMILES string of the molecule is C1=CC(n2c3ccccc3c3cc(-n4c5ccc(-c6ccccc6)cc5c5cc(-c6cccc([Si](c7ccccc7)(c7ccccc7)c7ccccc7)c6)ccc54)ccc32)=CC(c2ccccc2)C1. The monoisotopic (exact) mass is 896 g/mol. The molecule has 69 heavy (non-hydrogen) atoms. The summed E-state index contributed by atoms with van der Waals surface area (Å²) in [6.45, 7) is 0. The van der Waals surface area contributed by atoms with Crippen LogP contribution in [0.3, 0.4) is 0 Å². The maximum atomic E-state index is 2.48. The van der Waals surface area contributed by atoms with Crippen LogP contribution in [0, 0.1) is 0 Å². The van der Waals surface area contributed by atoms with Crippen LogP contribution >= 0.6 is 0 Å². The van der Waals surface area contributed by atoms with Gasteiger partial charge in [0.1, 0.15) is 0 Å². The second kappa shape index (κ2) is 17.0. The maximum Gasteiger partial charge on any atom is 0.179 e. The number of hydrogen-bond donors (Lipinski definition) is 0. The topological polar surface area (TPSA) is 9.86 Å². The third-order valence-corrected chi connectivity index (χ3v) is 19.3. The van der Waals surface area contributed by atoms with E-state index in [2.05, 4.69) is 282 Å². The van der Waals surface area contributed by atoms with Crippen LogP contribution in [0.4, 0.5) is 0 Å². The minimum atomic E-state index is -2.73. The van der Waals surface area contributed by atoms with E-state index in [0.717, 1.165) is 12.1 Å². The van der Waals surface area contributed by atoms with Crippen LogP contribution in [0.1, 0.15) is 17.9 Å². The molecule has 0 spiro atoms. The molecule has 2 aromatic heterocycles. The average molecular weight is 897 g/mol. The molecule has 1 unspecified atom stereocenters. The number of fused-ring (bicyclic) bond motifs is 6. The third-order valence-electron chi connectivity index (χ3n) is 14.6. The molecule has 10 aromatic carbocycles. The summed E-state index contributed by atoms with van der Waals surface area (Å²) in [6.07, 6.45) is 8.09. The minimum Gasteiger partial charge on any atom is -0.310 e. The number of nitrogens with zero attached hydrogens (tertiary/aromatic N) is 2. The van der Waals surface area contributed by atoms with Gasteiger partial charge in [-0.05, 0) is 110 Å². The van der Waals surface area contributed by atoms with Gasteiger partial charge in [0.05, 0.1) is 22.1 Å². The van der Waals surface area contributed by atoms with E-state index >= 15 is 0 Å². The zero-order valence-corrected chi connectivity index (χ0v) is 39.2. The van der Waals surface area contributed by atoms with Crippen molar-refractivity contribution in [2.24, 2.45) is 0 Å². The van der Waals surface area contributed by atoms with E-state index in [-0.39, 0.29) is 0 Å². The molecule has 2 heterocycles. The Morgan fingerprint density at radius 1 is 0.333 bits per heavy atom. The Morgan fingerprint density at radius 3 is 1.43 bits per heavy atom. The number of benzene rings is 10. The molecule has 12 aromatic rings. The van der Waals surface area contributed by atoms with Crippen LogP contribution < -0.4 is 20.7 Å². The highest BCUT2D eigenvalue weighted by atomic mass is 28.3. The molecule has 0 fully saturated rings. The first kappa shape index (κ1) is 40.7. The molecule has 0 N–H and O–H groups in total. The van der Waals surface area contributed by atoms with Crippen molar-refractivity contribution in [1.82, 2.24) is 9.13 Å². The molecule has 2 nitrogen and oxygen atoms in total. The standard InChI is InChI=1S/C66H48N2Si/c1-6-20-47(21-7-1)49-24-18-26-53(42-49)67-63-35-17-16-34-59(63)62-46-54(38-41-66(62)67)68-64-39-36-51(48-22-8-2-9-23-48)44-60(64)61-45-52(37-40-65(61)68)50-25-19-33-58(43-50)69(55-27-10-3-11-28-55,56-29-12-4-13-30-56)57-31-14-5-15-32-57/h1-23,25-46,49H,24H2. The molecule has 0 saturated heterocycles. The van der Waals surface area contributed by atoms with E-state index in [4.69, 9.17) is 0 Å². The zero-order valence-electron chi connectivity index (χ0n) is 38.2. The Kier molecular flexibility index (Phi) is 10.0. The number of allylic oxidation sites excluding steroid dienone is 4. The molecule has 3 heteroatoms. The number of rotatable bonds is 9. The fourth-order valence-electron chi connectivity index (χ4n) is 11.4. The largest absolute Gasteiger partial charge is 0.310 e. The molecule has 0 amide bonds. The lowest BCUT2D eigenvalue weighted by atomic mass is 9.91. The third kappa shape index (κ3) is 6.85. The Hall–Kier alpha value is -8.50. The molecule has 0 radical (unpaired) electrons. The van der Waals surface area contributed by atoms with Crippen molar-refractivity contribution in [3.63, 3.8) is 0 Å². The van der Waals surface area contributed by atoms with E-state index in [0.29, 0.717) is 5.92 Å². The van der Waals surface area contributed by atoms with E-state index in [1.807, 2.05) is 0 Å². The lowest BCUT2D eigenvalue weighted by Crippen LogP contribution is -2.74. The van der Waals surface area contributed by atoms with Gasteiger partial charge >= 0.3 is 0 Å². The first-order valence-corrected chi connectivity index (χ1v) is 26.1. The maximum absolute atomic E-state index is 2.73. The highest BCUT2D eigenvalue weighted by Gasteiger charge is 2.41. The molecule has 1 aliphatic rings. The van der Waals surface area contributed by atoms with Crippen LogP contribution in [0.25, 0.3) is 77.2 Å². The fraction of sp³-hybridized carbons (Fsp3) is 0.0303. The number of hydrogen-bond acceptors (Lipinski definition) is 0. The van der Waals surface area contributed by atoms with Gasteiger partial charge in [-0.3, -0.25) is 0 Å². The summed E-state index contributed by atoms with van der Waals surface area (Å²) < 4.78 is 4.94. The van der Waals surface area contributed by atoms with Crippen molar-refractivity contribution in [3.8, 4) is 27.9 Å². The first-order chi connectivity index (χ1) is 34.2. The molecule has 1 aliphatic carbocycles. The van der Waals surface area contributed by atoms with Crippen molar-refractivity contribution in [2.75, 3.05) is 0 Å². The van der Waals surface area contributed by atoms with Crippen LogP contribution in [0.15, 0.2) is 273 Å². The molecule has 0 aliphatic heterocycles. The molecule has 13 rings (SSSR count). The summed E-state index contributed by atoms with van der Waals surface area (Å²) in [5.74, 6) is 0.327. The lowest BCUT2D eigenvalue weighted by Gasteiger charge is -2.34. The lowest BCUT2D eigenvalue weighted by molar-refractivity contribution is 0.849. The Morgan fingerprint density at radius 2 is 0.797 bits per heavy atom. The minimum absolute atomic E-state index is 0.327. The fourth-order valence-corrected chi connectivity index (χ4v) is 16.2. The van der Waals surface area contributed by atoms with E-state index < -0.39 is 8.07 Å². The van der Waals surface area contributed by atoms with E-state index in [1.54, 1.807) is 0 Å². The second-order valence-electron chi connectivity index (χ2n) is 18.4. The smallest absolute Gasteiger partial charge is 0.179 e. The predicted octanol–water partition coefficient (Wildman–Crippen LogP) is 14.2. The van der Waals surface area contributed by atoms with Gasteiger partial charge in [0.2, 0.25) is 0 Å². The Balaban J connectivity index is 0.999. The summed E-state index contributed by atoms with van der Waals surface area (Å²) in [5, 5.41) is 10.4. The second-order valence-corrected chi connectivity index (χ2v) is 22.2. The van der Waals surface area contributed by atoms with E-state index in [1.165, 1.54) is 97.9 Å². The normalized spacial score (nSPS) is 13.9. The number of aromatic nitrogens is 2. The highest BCUT2D eigenvalue weighted by molar-refractivity contribution is 7.19. The molecule has 0 bridgehead atoms. The average Bonchev–Trinajstić information content (AvgIpc) is 3.94. The summed E-state index contributed by atoms with van der Waals surface area (Å²) in [7, 11) is -2.73. The van der Waals surface area contributed by atoms with E-state index in [9.17, 15) is 0 Å². The number of para-hydroxylation sites is 1. The zero-order chi connectivity index (χ0) is 45.7. The molecular formula is C66H48N2Si. The summed E-state index contributed by atoms with van der Waals surface area (Å²) in [6, 6.07) is 94.8. The van der Waals surface area contributed by atoms with Crippen molar-refractivity contribution in [2.45, 2.75) is 12.3 Å². The highest BCUT2D eigenvalue weighted by Crippen LogP contribution is 2.41. The van der Waals surface area contributed by atoms with Gasteiger partial charge in [0.25, 0.3) is 0 Å². The van der Waals surface area contributed by atoms with Gasteiger partial charge in [-0.1, -0.05) is 218 Å². The van der Waals surface area contributed by atoms with Gasteiger partial charge in [-0.25, -0.2) is 0 Å². The van der Waals surface area contributed by atoms with Gasteiger partial charge in [0, 0.05) is 38.8 Å². The first-order valence-electron chi connectivity index (χ1n) is 24.1. The van der Waals surface area contributed by atoms with Crippen LogP contribution in [-0.2, 0) is 0 Å². The molecule has 0 saturated carbocycles. The quantitative estimate of drug-likeness (QED) is 0.101. The van der Waals surface area contributed by atoms with Gasteiger partial charge < -0.3 is 9.13 Å². The predicted molar refractivity (Wildman–Crippen MR) is 295 cm³/mol. The van der Waals surface area contributed by atoms with Crippen molar-refractivity contribution < 1.29 is 0 Å². The molecule has 326 valence electrons. The van der Waals surface area contributed by atoms with Crippen LogP contribution in [-0.4, -0.2) is 17.2 Å². The molecule has 1 atom stereocenters. The van der Waals surface area contributed by atoms with Crippen molar-refractivity contribution in [3.05, 3.63) is 279 Å². The molecular weight excluding hydrogens is 849 g/mol. The Labute approximate surface area is 404 Å². The van der Waals surface area contributed by atoms with Gasteiger partial charge in [0.15, 0.2) is 8.07 Å². The summed E-state index contributed by atoms with van der Waals surface area (Å²) >= 11 is 0. The van der Waals surface area contributed by atoms with Gasteiger partial charge in [-0.15, -0.1) is 0 Å².